The van der Waals surface area contributed by atoms with Crippen LogP contribution in [0, 0.1) is 6.92 Å². The molecule has 1 aromatic carbocycles. The van der Waals surface area contributed by atoms with Gasteiger partial charge in [0.15, 0.2) is 0 Å². The van der Waals surface area contributed by atoms with E-state index in [2.05, 4.69) is 11.2 Å². The molecule has 1 aliphatic heterocycles. The third kappa shape index (κ3) is 2.27. The van der Waals surface area contributed by atoms with Crippen LogP contribution in [0.15, 0.2) is 30.5 Å². The van der Waals surface area contributed by atoms with Crippen LogP contribution in [0.5, 0.6) is 5.75 Å². The number of hydrogen-bond donors (Lipinski definition) is 1. The van der Waals surface area contributed by atoms with Gasteiger partial charge in [0.2, 0.25) is 0 Å². The summed E-state index contributed by atoms with van der Waals surface area (Å²) >= 11 is 0. The van der Waals surface area contributed by atoms with Gasteiger partial charge in [-0.15, -0.1) is 0 Å². The Labute approximate surface area is 116 Å². The number of ether oxygens (including phenoxy) is 1. The van der Waals surface area contributed by atoms with Crippen molar-refractivity contribution in [2.45, 2.75) is 25.8 Å². The van der Waals surface area contributed by atoms with Crippen LogP contribution in [0.25, 0.3) is 0 Å². The Hall–Kier alpha value is -2.30. The lowest BCUT2D eigenvalue weighted by Crippen LogP contribution is -2.18. The molecule has 5 nitrogen and oxygen atoms in total. The molecule has 2 heterocycles. The second-order valence-corrected chi connectivity index (χ2v) is 5.03. The van der Waals surface area contributed by atoms with Crippen LogP contribution < -0.4 is 4.74 Å². The first kappa shape index (κ1) is 12.7. The summed E-state index contributed by atoms with van der Waals surface area (Å²) in [4.78, 5) is 11.1. The zero-order chi connectivity index (χ0) is 14.1. The Kier molecular flexibility index (Phi) is 3.18. The highest BCUT2D eigenvalue weighted by molar-refractivity contribution is 5.88. The average molecular weight is 272 g/mol. The Morgan fingerprint density at radius 2 is 2.30 bits per heavy atom. The van der Waals surface area contributed by atoms with Gasteiger partial charge in [0, 0.05) is 18.7 Å². The largest absolute Gasteiger partial charge is 0.493 e. The maximum Gasteiger partial charge on any atom is 0.339 e. The number of carboxylic acids is 1. The number of carbonyl (C=O) groups is 1. The quantitative estimate of drug-likeness (QED) is 0.932. The highest BCUT2D eigenvalue weighted by Gasteiger charge is 2.22. The van der Waals surface area contributed by atoms with Gasteiger partial charge >= 0.3 is 5.97 Å². The molecule has 0 bridgehead atoms. The highest BCUT2D eigenvalue weighted by atomic mass is 16.5. The summed E-state index contributed by atoms with van der Waals surface area (Å²) in [5.41, 5.74) is 1.99. The number of rotatable bonds is 3. The first-order valence-electron chi connectivity index (χ1n) is 6.64. The number of hydrogen-bond acceptors (Lipinski definition) is 3. The van der Waals surface area contributed by atoms with Gasteiger partial charge in [0.05, 0.1) is 12.3 Å². The number of para-hydroxylation sites is 1. The van der Waals surface area contributed by atoms with Crippen LogP contribution in [-0.4, -0.2) is 27.5 Å². The second kappa shape index (κ2) is 5.00. The van der Waals surface area contributed by atoms with Crippen molar-refractivity contribution >= 4 is 5.97 Å². The first-order chi connectivity index (χ1) is 9.65. The minimum atomic E-state index is -0.930. The molecule has 1 aliphatic rings. The number of aryl methyl sites for hydroxylation is 1. The monoisotopic (exact) mass is 272 g/mol. The van der Waals surface area contributed by atoms with Gasteiger partial charge in [0.25, 0.3) is 0 Å². The average Bonchev–Trinajstić information content (AvgIpc) is 2.80. The summed E-state index contributed by atoms with van der Waals surface area (Å²) < 4.78 is 7.36. The van der Waals surface area contributed by atoms with Crippen molar-refractivity contribution in [3.05, 3.63) is 47.3 Å². The molecule has 0 fully saturated rings. The van der Waals surface area contributed by atoms with Crippen LogP contribution >= 0.6 is 0 Å². The maximum absolute atomic E-state index is 11.1. The van der Waals surface area contributed by atoms with E-state index >= 15 is 0 Å². The Morgan fingerprint density at radius 3 is 3.05 bits per heavy atom. The van der Waals surface area contributed by atoms with Crippen LogP contribution in [0.4, 0.5) is 0 Å². The molecule has 0 saturated carbocycles. The summed E-state index contributed by atoms with van der Waals surface area (Å²) in [6, 6.07) is 7.99. The lowest BCUT2D eigenvalue weighted by atomic mass is 9.93. The van der Waals surface area contributed by atoms with E-state index in [0.29, 0.717) is 24.8 Å². The van der Waals surface area contributed by atoms with Crippen LogP contribution in [0.3, 0.4) is 0 Å². The van der Waals surface area contributed by atoms with Gasteiger partial charge in [0.1, 0.15) is 11.3 Å². The molecule has 0 aliphatic carbocycles. The molecule has 0 spiro atoms. The SMILES string of the molecule is Cc1nn(CC2CCOc3ccccc32)cc1C(=O)O. The summed E-state index contributed by atoms with van der Waals surface area (Å²) in [7, 11) is 0. The van der Waals surface area contributed by atoms with Crippen molar-refractivity contribution in [1.82, 2.24) is 9.78 Å². The van der Waals surface area contributed by atoms with Gasteiger partial charge in [-0.2, -0.15) is 5.10 Å². The number of fused-ring (bicyclic) bond motifs is 1. The lowest BCUT2D eigenvalue weighted by molar-refractivity contribution is 0.0696. The molecule has 20 heavy (non-hydrogen) atoms. The number of aromatic nitrogens is 2. The predicted octanol–water partition coefficient (Wildman–Crippen LogP) is 2.46. The van der Waals surface area contributed by atoms with E-state index in [4.69, 9.17) is 9.84 Å². The van der Waals surface area contributed by atoms with Gasteiger partial charge in [-0.25, -0.2) is 4.79 Å². The van der Waals surface area contributed by atoms with Gasteiger partial charge < -0.3 is 9.84 Å². The molecular formula is C15H16N2O3. The molecule has 3 rings (SSSR count). The molecular weight excluding hydrogens is 256 g/mol. The number of benzene rings is 1. The van der Waals surface area contributed by atoms with Gasteiger partial charge in [-0.3, -0.25) is 4.68 Å². The van der Waals surface area contributed by atoms with Crippen molar-refractivity contribution in [3.63, 3.8) is 0 Å². The normalized spacial score (nSPS) is 17.4. The standard InChI is InChI=1S/C15H16N2O3/c1-10-13(15(18)19)9-17(16-10)8-11-6-7-20-14-5-3-2-4-12(11)14/h2-5,9,11H,6-8H2,1H3,(H,18,19). The van der Waals surface area contributed by atoms with Crippen LogP contribution in [0.1, 0.15) is 34.0 Å². The highest BCUT2D eigenvalue weighted by Crippen LogP contribution is 2.34. The molecule has 5 heteroatoms. The maximum atomic E-state index is 11.1. The van der Waals surface area contributed by atoms with E-state index in [9.17, 15) is 4.79 Å². The van der Waals surface area contributed by atoms with Crippen molar-refractivity contribution in [1.29, 1.82) is 0 Å². The second-order valence-electron chi connectivity index (χ2n) is 5.03. The summed E-state index contributed by atoms with van der Waals surface area (Å²) in [5, 5.41) is 13.4. The molecule has 0 amide bonds. The van der Waals surface area contributed by atoms with E-state index in [1.165, 1.54) is 5.56 Å². The number of nitrogens with zero attached hydrogens (tertiary/aromatic N) is 2. The molecule has 0 saturated heterocycles. The Bertz CT molecular complexity index is 648. The molecule has 1 N–H and O–H groups in total. The zero-order valence-corrected chi connectivity index (χ0v) is 11.2. The third-order valence-electron chi connectivity index (χ3n) is 3.67. The zero-order valence-electron chi connectivity index (χ0n) is 11.2. The molecule has 0 radical (unpaired) electrons. The molecule has 104 valence electrons. The van der Waals surface area contributed by atoms with E-state index in [1.807, 2.05) is 18.2 Å². The fourth-order valence-corrected chi connectivity index (χ4v) is 2.65. The summed E-state index contributed by atoms with van der Waals surface area (Å²) in [6.45, 7) is 3.08. The minimum absolute atomic E-state index is 0.269. The lowest BCUT2D eigenvalue weighted by Gasteiger charge is -2.25. The molecule has 1 atom stereocenters. The summed E-state index contributed by atoms with van der Waals surface area (Å²) in [5.74, 6) is 0.299. The van der Waals surface area contributed by atoms with E-state index in [0.717, 1.165) is 12.2 Å². The first-order valence-corrected chi connectivity index (χ1v) is 6.64. The van der Waals surface area contributed by atoms with Gasteiger partial charge in [-0.1, -0.05) is 18.2 Å². The van der Waals surface area contributed by atoms with Gasteiger partial charge in [-0.05, 0) is 25.0 Å². The molecule has 1 unspecified atom stereocenters. The predicted molar refractivity (Wildman–Crippen MR) is 73.2 cm³/mol. The van der Waals surface area contributed by atoms with Crippen molar-refractivity contribution in [3.8, 4) is 5.75 Å². The van der Waals surface area contributed by atoms with Crippen LogP contribution in [-0.2, 0) is 6.54 Å². The minimum Gasteiger partial charge on any atom is -0.493 e. The summed E-state index contributed by atoms with van der Waals surface area (Å²) in [6.07, 6.45) is 2.52. The fraction of sp³-hybridized carbons (Fsp3) is 0.333. The fourth-order valence-electron chi connectivity index (χ4n) is 2.65. The number of carboxylic acid groups (broad SMARTS) is 1. The number of aromatic carboxylic acids is 1. The third-order valence-corrected chi connectivity index (χ3v) is 3.67. The van der Waals surface area contributed by atoms with E-state index < -0.39 is 5.97 Å². The van der Waals surface area contributed by atoms with Crippen molar-refractivity contribution in [2.75, 3.05) is 6.61 Å². The Balaban J connectivity index is 1.86. The molecule has 2 aromatic rings. The smallest absolute Gasteiger partial charge is 0.339 e. The van der Waals surface area contributed by atoms with E-state index in [-0.39, 0.29) is 5.56 Å². The topological polar surface area (TPSA) is 64.4 Å². The van der Waals surface area contributed by atoms with Crippen LogP contribution in [0.2, 0.25) is 0 Å². The molecule has 1 aromatic heterocycles. The van der Waals surface area contributed by atoms with Crippen molar-refractivity contribution in [2.24, 2.45) is 0 Å². The Morgan fingerprint density at radius 1 is 1.50 bits per heavy atom. The van der Waals surface area contributed by atoms with E-state index in [1.54, 1.807) is 17.8 Å². The van der Waals surface area contributed by atoms with Crippen molar-refractivity contribution < 1.29 is 14.6 Å².